The molecule has 0 atom stereocenters. The van der Waals surface area contributed by atoms with Gasteiger partial charge in [-0.25, -0.2) is 14.6 Å². The number of fused-ring (bicyclic) bond motifs is 5. The minimum Gasteiger partial charge on any atom is -0.488 e. The molecule has 0 N–H and O–H groups in total. The Bertz CT molecular complexity index is 3340. The molecule has 0 saturated carbocycles. The summed E-state index contributed by atoms with van der Waals surface area (Å²) in [7, 11) is 0. The van der Waals surface area contributed by atoms with Gasteiger partial charge in [-0.3, -0.25) is 0 Å². The predicted octanol–water partition coefficient (Wildman–Crippen LogP) is 13.9. The van der Waals surface area contributed by atoms with E-state index in [1.807, 2.05) is 133 Å². The summed E-state index contributed by atoms with van der Waals surface area (Å²) in [5, 5.41) is 5.72. The van der Waals surface area contributed by atoms with Gasteiger partial charge in [0.05, 0.1) is 27.9 Å². The molecule has 3 heterocycles. The van der Waals surface area contributed by atoms with Gasteiger partial charge in [0.25, 0.3) is 0 Å². The molecule has 310 valence electrons. The van der Waals surface area contributed by atoms with Gasteiger partial charge in [-0.15, -0.1) is 0 Å². The quantitative estimate of drug-likeness (QED) is 0.122. The van der Waals surface area contributed by atoms with E-state index in [9.17, 15) is 9.59 Å². The number of hydrogen-bond acceptors (Lipinski definition) is 7. The predicted molar refractivity (Wildman–Crippen MR) is 253 cm³/mol. The van der Waals surface area contributed by atoms with Crippen LogP contribution in [0.1, 0.15) is 67.9 Å². The van der Waals surface area contributed by atoms with Gasteiger partial charge < -0.3 is 18.3 Å². The van der Waals surface area contributed by atoms with E-state index in [0.717, 1.165) is 60.6 Å². The Balaban J connectivity index is 1.03. The highest BCUT2D eigenvalue weighted by Crippen LogP contribution is 2.38. The van der Waals surface area contributed by atoms with Crippen molar-refractivity contribution < 1.29 is 18.3 Å². The Morgan fingerprint density at radius 3 is 1.73 bits per heavy atom. The molecule has 62 heavy (non-hydrogen) atoms. The molecule has 9 aromatic rings. The van der Waals surface area contributed by atoms with E-state index in [0.29, 0.717) is 39.2 Å². The van der Waals surface area contributed by atoms with Crippen LogP contribution in [0, 0.1) is 0 Å². The second-order valence-corrected chi connectivity index (χ2v) is 19.1. The second-order valence-electron chi connectivity index (χ2n) is 19.1. The minimum absolute atomic E-state index is 0.0233. The van der Waals surface area contributed by atoms with Crippen molar-refractivity contribution in [2.24, 2.45) is 0 Å². The van der Waals surface area contributed by atoms with Gasteiger partial charge in [0.15, 0.2) is 0 Å². The van der Waals surface area contributed by atoms with Gasteiger partial charge >= 0.3 is 11.3 Å². The van der Waals surface area contributed by atoms with Crippen LogP contribution < -0.4 is 20.7 Å². The molecule has 7 nitrogen and oxygen atoms in total. The van der Waals surface area contributed by atoms with Crippen LogP contribution in [-0.2, 0) is 5.41 Å². The molecule has 3 aromatic heterocycles. The minimum atomic E-state index is -0.499. The van der Waals surface area contributed by atoms with Crippen LogP contribution in [0.4, 0.5) is 0 Å². The van der Waals surface area contributed by atoms with Crippen molar-refractivity contribution in [1.82, 2.24) is 4.98 Å². The zero-order valence-electron chi connectivity index (χ0n) is 36.6. The molecule has 0 radical (unpaired) electrons. The Labute approximate surface area is 360 Å². The van der Waals surface area contributed by atoms with Gasteiger partial charge in [-0.2, -0.15) is 0 Å². The number of pyridine rings is 1. The van der Waals surface area contributed by atoms with Crippen molar-refractivity contribution in [3.63, 3.8) is 0 Å². The highest BCUT2D eigenvalue weighted by molar-refractivity contribution is 6.06. The second kappa shape index (κ2) is 14.9. The lowest BCUT2D eigenvalue weighted by Crippen LogP contribution is -2.24. The molecular weight excluding hydrogens is 771 g/mol. The highest BCUT2D eigenvalue weighted by atomic mass is 16.5. The molecule has 0 saturated heterocycles. The lowest BCUT2D eigenvalue weighted by atomic mass is 9.85. The molecule has 0 amide bonds. The molecule has 0 unspecified atom stereocenters. The SMILES string of the molecule is CC(C)(C)Oc1cc(OC(C)(C)C)c2cc(-c3ccc4ccc(-c5cccc(-c6ccc(-c7cc8c(ccc9cc(C(C)(C)C)ccc98)oc7=O)cc6)n5)cc4c3)c(=O)oc2c1. The summed E-state index contributed by atoms with van der Waals surface area (Å²) < 4.78 is 24.3. The summed E-state index contributed by atoms with van der Waals surface area (Å²) in [4.78, 5) is 31.9. The zero-order valence-corrected chi connectivity index (χ0v) is 36.6. The summed E-state index contributed by atoms with van der Waals surface area (Å²) in [6, 6.07) is 43.8. The summed E-state index contributed by atoms with van der Waals surface area (Å²) >= 11 is 0. The average Bonchev–Trinajstić information content (AvgIpc) is 3.21. The number of hydrogen-bond donors (Lipinski definition) is 0. The van der Waals surface area contributed by atoms with Gasteiger partial charge in [-0.1, -0.05) is 99.6 Å². The number of ether oxygens (including phenoxy) is 2. The molecule has 6 aromatic carbocycles. The maximum absolute atomic E-state index is 13.6. The molecule has 0 aliphatic heterocycles. The lowest BCUT2D eigenvalue weighted by Gasteiger charge is -2.25. The molecule has 7 heteroatoms. The third-order valence-corrected chi connectivity index (χ3v) is 10.9. The van der Waals surface area contributed by atoms with Crippen molar-refractivity contribution in [3.8, 4) is 56.3 Å². The Morgan fingerprint density at radius 1 is 0.452 bits per heavy atom. The van der Waals surface area contributed by atoms with Gasteiger partial charge in [0.2, 0.25) is 0 Å². The third kappa shape index (κ3) is 8.11. The maximum atomic E-state index is 13.6. The fraction of sp³-hybridized carbons (Fsp3) is 0.218. The highest BCUT2D eigenvalue weighted by Gasteiger charge is 2.22. The van der Waals surface area contributed by atoms with Crippen LogP contribution in [0.25, 0.3) is 88.3 Å². The zero-order chi connectivity index (χ0) is 43.7. The molecule has 0 bridgehead atoms. The van der Waals surface area contributed by atoms with Crippen molar-refractivity contribution >= 4 is 43.5 Å². The van der Waals surface area contributed by atoms with E-state index in [2.05, 4.69) is 57.2 Å². The summed E-state index contributed by atoms with van der Waals surface area (Å²) in [5.41, 5.74) is 6.35. The molecule has 0 spiro atoms. The van der Waals surface area contributed by atoms with E-state index in [4.69, 9.17) is 23.3 Å². The fourth-order valence-electron chi connectivity index (χ4n) is 7.94. The summed E-state index contributed by atoms with van der Waals surface area (Å²) in [6.07, 6.45) is 0. The van der Waals surface area contributed by atoms with Crippen LogP contribution in [0.2, 0.25) is 0 Å². The third-order valence-electron chi connectivity index (χ3n) is 10.9. The van der Waals surface area contributed by atoms with E-state index in [1.165, 1.54) is 5.56 Å². The van der Waals surface area contributed by atoms with Crippen molar-refractivity contribution in [2.45, 2.75) is 78.9 Å². The first-order valence-electron chi connectivity index (χ1n) is 21.0. The van der Waals surface area contributed by atoms with Gasteiger partial charge in [-0.05, 0) is 128 Å². The standard InChI is InChI=1S/C55H49NO6/c1-53(2,3)39-22-23-41-36(27-39)21-24-48-44(41)30-42(51(57)59-48)33-15-17-34(18-16-33)46-11-10-12-47(56-46)37-20-14-32-13-19-35(25-38(32)26-37)43-31-45-49(60-52(43)58)28-40(61-54(4,5)6)29-50(45)62-55(7,8)9/h10-31H,1-9H3. The van der Waals surface area contributed by atoms with Crippen LogP contribution >= 0.6 is 0 Å². The van der Waals surface area contributed by atoms with Crippen molar-refractivity contribution in [1.29, 1.82) is 0 Å². The van der Waals surface area contributed by atoms with E-state index < -0.39 is 16.8 Å². The summed E-state index contributed by atoms with van der Waals surface area (Å²) in [6.45, 7) is 18.5. The molecule has 0 fully saturated rings. The average molecular weight is 820 g/mol. The van der Waals surface area contributed by atoms with E-state index in [-0.39, 0.29) is 11.0 Å². The Hall–Kier alpha value is -6.99. The Kier molecular flexibility index (Phi) is 9.70. The monoisotopic (exact) mass is 819 g/mol. The fourth-order valence-corrected chi connectivity index (χ4v) is 7.94. The Morgan fingerprint density at radius 2 is 1.03 bits per heavy atom. The smallest absolute Gasteiger partial charge is 0.344 e. The molecule has 0 aliphatic rings. The van der Waals surface area contributed by atoms with Gasteiger partial charge in [0.1, 0.15) is 33.9 Å². The number of rotatable bonds is 6. The van der Waals surface area contributed by atoms with Crippen LogP contribution in [0.15, 0.2) is 152 Å². The maximum Gasteiger partial charge on any atom is 0.344 e. The van der Waals surface area contributed by atoms with Gasteiger partial charge in [0, 0.05) is 28.6 Å². The van der Waals surface area contributed by atoms with Crippen LogP contribution in [0.3, 0.4) is 0 Å². The molecule has 0 aliphatic carbocycles. The topological polar surface area (TPSA) is 91.8 Å². The first-order chi connectivity index (χ1) is 29.3. The van der Waals surface area contributed by atoms with Crippen molar-refractivity contribution in [2.75, 3.05) is 0 Å². The van der Waals surface area contributed by atoms with Crippen LogP contribution in [-0.4, -0.2) is 16.2 Å². The number of aromatic nitrogens is 1. The van der Waals surface area contributed by atoms with Crippen molar-refractivity contribution in [3.05, 3.63) is 160 Å². The van der Waals surface area contributed by atoms with Crippen LogP contribution in [0.5, 0.6) is 11.5 Å². The largest absolute Gasteiger partial charge is 0.488 e. The lowest BCUT2D eigenvalue weighted by molar-refractivity contribution is 0.122. The van der Waals surface area contributed by atoms with E-state index >= 15 is 0 Å². The molecular formula is C55H49NO6. The number of benzene rings is 6. The van der Waals surface area contributed by atoms with E-state index in [1.54, 1.807) is 6.07 Å². The number of nitrogens with zero attached hydrogens (tertiary/aromatic N) is 1. The first kappa shape index (κ1) is 40.4. The normalized spacial score (nSPS) is 12.4. The molecule has 9 rings (SSSR count). The summed E-state index contributed by atoms with van der Waals surface area (Å²) in [5.74, 6) is 1.14. The first-order valence-corrected chi connectivity index (χ1v) is 21.0.